The Bertz CT molecular complexity index is 819. The van der Waals surface area contributed by atoms with E-state index in [4.69, 9.17) is 9.47 Å². The Morgan fingerprint density at radius 3 is 2.36 bits per heavy atom. The first-order valence-electron chi connectivity index (χ1n) is 9.64. The molecule has 0 aliphatic carbocycles. The van der Waals surface area contributed by atoms with Gasteiger partial charge in [0.2, 0.25) is 0 Å². The molecule has 0 saturated carbocycles. The maximum Gasteiger partial charge on any atom is 0.185 e. The maximum atomic E-state index is 12.5. The number of phenolic OH excluding ortho intramolecular Hbond substituents is 1. The van der Waals surface area contributed by atoms with Gasteiger partial charge in [0, 0.05) is 5.56 Å². The highest BCUT2D eigenvalue weighted by Crippen LogP contribution is 2.35. The Hall–Kier alpha value is -3.01. The third-order valence-corrected chi connectivity index (χ3v) is 4.07. The van der Waals surface area contributed by atoms with Crippen LogP contribution in [-0.2, 0) is 6.42 Å². The summed E-state index contributed by atoms with van der Waals surface area (Å²) in [5.74, 6) is 1.39. The van der Waals surface area contributed by atoms with Gasteiger partial charge >= 0.3 is 0 Å². The second-order valence-corrected chi connectivity index (χ2v) is 6.40. The zero-order valence-electron chi connectivity index (χ0n) is 16.6. The number of hydrogen-bond donors (Lipinski definition) is 1. The molecule has 28 heavy (non-hydrogen) atoms. The first-order valence-corrected chi connectivity index (χ1v) is 9.64. The Morgan fingerprint density at radius 2 is 1.71 bits per heavy atom. The van der Waals surface area contributed by atoms with Gasteiger partial charge in [-0.05, 0) is 67.3 Å². The van der Waals surface area contributed by atoms with Gasteiger partial charge in [0.05, 0.1) is 18.8 Å². The highest BCUT2D eigenvalue weighted by Gasteiger charge is 2.14. The minimum atomic E-state index is -0.156. The van der Waals surface area contributed by atoms with Gasteiger partial charge < -0.3 is 14.6 Å². The molecular weight excluding hydrogens is 352 g/mol. The monoisotopic (exact) mass is 380 g/mol. The first-order chi connectivity index (χ1) is 13.6. The number of aromatic hydroxyl groups is 1. The van der Waals surface area contributed by atoms with Crippen LogP contribution in [0.15, 0.2) is 55.1 Å². The molecule has 0 unspecified atom stereocenters. The topological polar surface area (TPSA) is 55.8 Å². The summed E-state index contributed by atoms with van der Waals surface area (Å²) in [5.41, 5.74) is 2.26. The van der Waals surface area contributed by atoms with Crippen molar-refractivity contribution >= 4 is 11.9 Å². The summed E-state index contributed by atoms with van der Waals surface area (Å²) in [5, 5.41) is 9.39. The van der Waals surface area contributed by atoms with Gasteiger partial charge in [0.15, 0.2) is 5.78 Å². The number of ether oxygens (including phenoxy) is 2. The fourth-order valence-electron chi connectivity index (χ4n) is 2.69. The van der Waals surface area contributed by atoms with E-state index >= 15 is 0 Å². The summed E-state index contributed by atoms with van der Waals surface area (Å²) in [6.07, 6.45) is 7.52. The van der Waals surface area contributed by atoms with Crippen molar-refractivity contribution in [2.75, 3.05) is 13.2 Å². The number of hydrogen-bond acceptors (Lipinski definition) is 4. The molecule has 0 saturated heterocycles. The molecule has 0 spiro atoms. The van der Waals surface area contributed by atoms with E-state index in [0.717, 1.165) is 29.7 Å². The SMILES string of the molecule is C=CCc1ccc(OCCC)c(/C=C/C(=O)c2ccc(O)cc2)c1OCCC. The third kappa shape index (κ3) is 5.74. The van der Waals surface area contributed by atoms with Crippen molar-refractivity contribution < 1.29 is 19.4 Å². The Labute approximate surface area is 167 Å². The Morgan fingerprint density at radius 1 is 1.04 bits per heavy atom. The zero-order chi connectivity index (χ0) is 20.4. The van der Waals surface area contributed by atoms with Crippen molar-refractivity contribution in [3.63, 3.8) is 0 Å². The van der Waals surface area contributed by atoms with Crippen molar-refractivity contribution in [1.82, 2.24) is 0 Å². The number of phenols is 1. The predicted molar refractivity (Wildman–Crippen MR) is 113 cm³/mol. The van der Waals surface area contributed by atoms with Crippen LogP contribution in [0.3, 0.4) is 0 Å². The van der Waals surface area contributed by atoms with Crippen LogP contribution in [0.4, 0.5) is 0 Å². The molecule has 0 aliphatic rings. The fourth-order valence-corrected chi connectivity index (χ4v) is 2.69. The smallest absolute Gasteiger partial charge is 0.185 e. The summed E-state index contributed by atoms with van der Waals surface area (Å²) in [6, 6.07) is 10.1. The van der Waals surface area contributed by atoms with Crippen molar-refractivity contribution in [3.8, 4) is 17.2 Å². The van der Waals surface area contributed by atoms with Crippen LogP contribution in [0.25, 0.3) is 6.08 Å². The summed E-state index contributed by atoms with van der Waals surface area (Å²) in [7, 11) is 0. The van der Waals surface area contributed by atoms with Crippen molar-refractivity contribution in [1.29, 1.82) is 0 Å². The molecule has 4 nitrogen and oxygen atoms in total. The van der Waals surface area contributed by atoms with Gasteiger partial charge in [0.1, 0.15) is 17.2 Å². The van der Waals surface area contributed by atoms with Crippen molar-refractivity contribution in [2.24, 2.45) is 0 Å². The van der Waals surface area contributed by atoms with Gasteiger partial charge in [-0.15, -0.1) is 6.58 Å². The van der Waals surface area contributed by atoms with E-state index in [1.165, 1.54) is 18.2 Å². The van der Waals surface area contributed by atoms with Crippen LogP contribution in [-0.4, -0.2) is 24.1 Å². The number of rotatable bonds is 11. The van der Waals surface area contributed by atoms with Gasteiger partial charge in [-0.1, -0.05) is 26.0 Å². The third-order valence-electron chi connectivity index (χ3n) is 4.07. The molecule has 0 bridgehead atoms. The first kappa shape index (κ1) is 21.3. The lowest BCUT2D eigenvalue weighted by Gasteiger charge is -2.17. The van der Waals surface area contributed by atoms with Crippen LogP contribution in [0, 0.1) is 0 Å². The molecule has 0 amide bonds. The van der Waals surface area contributed by atoms with Crippen LogP contribution < -0.4 is 9.47 Å². The van der Waals surface area contributed by atoms with Gasteiger partial charge in [-0.3, -0.25) is 4.79 Å². The molecule has 2 rings (SSSR count). The fraction of sp³-hybridized carbons (Fsp3) is 0.292. The molecule has 0 fully saturated rings. The minimum absolute atomic E-state index is 0.128. The van der Waals surface area contributed by atoms with Crippen molar-refractivity contribution in [3.05, 3.63) is 71.8 Å². The maximum absolute atomic E-state index is 12.5. The van der Waals surface area contributed by atoms with E-state index in [2.05, 4.69) is 13.5 Å². The van der Waals surface area contributed by atoms with Crippen LogP contribution in [0.5, 0.6) is 17.2 Å². The summed E-state index contributed by atoms with van der Waals surface area (Å²) < 4.78 is 11.9. The quantitative estimate of drug-likeness (QED) is 0.313. The van der Waals surface area contributed by atoms with E-state index in [-0.39, 0.29) is 11.5 Å². The highest BCUT2D eigenvalue weighted by molar-refractivity contribution is 6.07. The average molecular weight is 380 g/mol. The zero-order valence-corrected chi connectivity index (χ0v) is 16.6. The molecule has 148 valence electrons. The largest absolute Gasteiger partial charge is 0.508 e. The Balaban J connectivity index is 2.43. The van der Waals surface area contributed by atoms with E-state index in [1.807, 2.05) is 25.1 Å². The minimum Gasteiger partial charge on any atom is -0.508 e. The molecule has 0 radical (unpaired) electrons. The average Bonchev–Trinajstić information content (AvgIpc) is 2.70. The number of carbonyl (C=O) groups is 1. The second-order valence-electron chi connectivity index (χ2n) is 6.40. The number of benzene rings is 2. The standard InChI is InChI=1S/C24H28O4/c1-4-7-19-10-15-23(27-16-5-2)21(24(19)28-17-6-3)13-14-22(26)18-8-11-20(25)12-9-18/h4,8-15,25H,1,5-7,16-17H2,2-3H3/b14-13+. The van der Waals surface area contributed by atoms with Gasteiger partial charge in [0.25, 0.3) is 0 Å². The van der Waals surface area contributed by atoms with Crippen LogP contribution in [0.1, 0.15) is 48.2 Å². The summed E-state index contributed by atoms with van der Waals surface area (Å²) in [4.78, 5) is 12.5. The molecule has 0 heterocycles. The summed E-state index contributed by atoms with van der Waals surface area (Å²) in [6.45, 7) is 9.08. The van der Waals surface area contributed by atoms with Gasteiger partial charge in [-0.2, -0.15) is 0 Å². The lowest BCUT2D eigenvalue weighted by atomic mass is 10.0. The molecule has 0 aliphatic heterocycles. The van der Waals surface area contributed by atoms with E-state index < -0.39 is 0 Å². The Kier molecular flexibility index (Phi) is 8.35. The lowest BCUT2D eigenvalue weighted by molar-refractivity contribution is 0.104. The van der Waals surface area contributed by atoms with Crippen molar-refractivity contribution in [2.45, 2.75) is 33.1 Å². The molecular formula is C24H28O4. The molecule has 0 atom stereocenters. The summed E-state index contributed by atoms with van der Waals surface area (Å²) >= 11 is 0. The second kappa shape index (κ2) is 11.0. The number of ketones is 1. The van der Waals surface area contributed by atoms with Crippen LogP contribution >= 0.6 is 0 Å². The normalized spacial score (nSPS) is 10.8. The van der Waals surface area contributed by atoms with E-state index in [1.54, 1.807) is 18.2 Å². The number of carbonyl (C=O) groups excluding carboxylic acids is 1. The molecule has 2 aromatic carbocycles. The number of allylic oxidation sites excluding steroid dienone is 2. The van der Waals surface area contributed by atoms with Gasteiger partial charge in [-0.25, -0.2) is 0 Å². The molecule has 0 aromatic heterocycles. The van der Waals surface area contributed by atoms with Crippen LogP contribution in [0.2, 0.25) is 0 Å². The molecule has 4 heteroatoms. The van der Waals surface area contributed by atoms with E-state index in [9.17, 15) is 9.90 Å². The molecule has 1 N–H and O–H groups in total. The van der Waals surface area contributed by atoms with E-state index in [0.29, 0.717) is 30.9 Å². The lowest BCUT2D eigenvalue weighted by Crippen LogP contribution is -2.04. The predicted octanol–water partition coefficient (Wildman–Crippen LogP) is 5.59. The molecule has 2 aromatic rings. The highest BCUT2D eigenvalue weighted by atomic mass is 16.5.